The molecule has 5 atom stereocenters. The van der Waals surface area contributed by atoms with E-state index in [0.717, 1.165) is 42.8 Å². The fraction of sp³-hybridized carbons (Fsp3) is 0.679. The van der Waals surface area contributed by atoms with Gasteiger partial charge in [0.1, 0.15) is 48.4 Å². The Morgan fingerprint density at radius 2 is 1.14 bits per heavy atom. The molecule has 1 heterocycles. The summed E-state index contributed by atoms with van der Waals surface area (Å²) in [5, 5.41) is 62.6. The van der Waals surface area contributed by atoms with Gasteiger partial charge in [0.25, 0.3) is 0 Å². The molecule has 0 bridgehead atoms. The molecular formula is C56H94N14O17. The summed E-state index contributed by atoms with van der Waals surface area (Å²) >= 11 is 0. The van der Waals surface area contributed by atoms with E-state index in [1.807, 2.05) is 6.92 Å². The van der Waals surface area contributed by atoms with Gasteiger partial charge in [-0.15, -0.1) is 10.6 Å². The maximum Gasteiger partial charge on any atom is 0.317 e. The number of aromatic hydroxyl groups is 1. The molecule has 490 valence electrons. The first-order valence-corrected chi connectivity index (χ1v) is 29.8. The van der Waals surface area contributed by atoms with Crippen LogP contribution in [0.2, 0.25) is 0 Å². The number of aliphatic hydroxyl groups is 1. The number of phenols is 1. The van der Waals surface area contributed by atoms with E-state index in [1.165, 1.54) is 89.1 Å². The Kier molecular flexibility index (Phi) is 39.5. The number of unbranched alkanes of at least 4 members (excludes halogenated alkanes) is 13. The largest absolute Gasteiger partial charge is 0.508 e. The Labute approximate surface area is 507 Å². The number of carbonyl (C=O) groups excluding carboxylic acids is 9. The van der Waals surface area contributed by atoms with Gasteiger partial charge >= 0.3 is 11.9 Å². The van der Waals surface area contributed by atoms with Crippen molar-refractivity contribution in [3.8, 4) is 5.75 Å². The molecule has 87 heavy (non-hydrogen) atoms. The lowest BCUT2D eigenvalue weighted by Crippen LogP contribution is -2.61. The summed E-state index contributed by atoms with van der Waals surface area (Å²) in [6.07, 6.45) is 16.5. The summed E-state index contributed by atoms with van der Waals surface area (Å²) in [7, 11) is 1.33. The number of aliphatic carboxylic acids is 2. The van der Waals surface area contributed by atoms with Crippen LogP contribution >= 0.6 is 0 Å². The van der Waals surface area contributed by atoms with Crippen molar-refractivity contribution in [3.63, 3.8) is 0 Å². The van der Waals surface area contributed by atoms with Crippen LogP contribution in [-0.2, 0) is 68.6 Å². The number of likely N-dealkylation sites (N-methyl/N-ethyl adjacent to an activating group) is 1. The van der Waals surface area contributed by atoms with Gasteiger partial charge < -0.3 is 78.2 Å². The molecule has 1 aromatic rings. The van der Waals surface area contributed by atoms with Crippen LogP contribution in [0.15, 0.2) is 29.4 Å². The number of amides is 9. The molecule has 0 saturated carbocycles. The fourth-order valence-corrected chi connectivity index (χ4v) is 8.86. The molecule has 1 aromatic carbocycles. The number of phenolic OH excluding ortho intramolecular Hbond substituents is 1. The molecule has 9 amide bonds. The zero-order valence-corrected chi connectivity index (χ0v) is 50.2. The van der Waals surface area contributed by atoms with Crippen LogP contribution in [0.25, 0.3) is 0 Å². The topological polar surface area (TPSA) is 461 Å². The summed E-state index contributed by atoms with van der Waals surface area (Å²) in [5.74, 6) is -9.77. The Morgan fingerprint density at radius 1 is 0.598 bits per heavy atom. The van der Waals surface area contributed by atoms with Crippen LogP contribution in [0, 0.1) is 0 Å². The van der Waals surface area contributed by atoms with Gasteiger partial charge in [0.15, 0.2) is 0 Å². The van der Waals surface area contributed by atoms with E-state index in [1.54, 1.807) is 0 Å². The van der Waals surface area contributed by atoms with E-state index in [0.29, 0.717) is 31.4 Å². The van der Waals surface area contributed by atoms with Crippen molar-refractivity contribution >= 4 is 70.9 Å². The molecule has 31 nitrogen and oxygen atoms in total. The minimum absolute atomic E-state index is 0.0126. The number of nitrogens with zero attached hydrogens (tertiary/aromatic N) is 2. The third kappa shape index (κ3) is 36.1. The summed E-state index contributed by atoms with van der Waals surface area (Å²) in [5.41, 5.74) is 14.1. The maximum absolute atomic E-state index is 14.3. The summed E-state index contributed by atoms with van der Waals surface area (Å²) in [6.45, 7) is -2.18. The summed E-state index contributed by atoms with van der Waals surface area (Å²) in [6, 6.07) is -2.64. The van der Waals surface area contributed by atoms with Crippen molar-refractivity contribution in [3.05, 3.63) is 29.8 Å². The number of hydrogen-bond donors (Lipinski definition) is 16. The number of rotatable bonds is 51. The first-order valence-electron chi connectivity index (χ1n) is 29.8. The third-order valence-electron chi connectivity index (χ3n) is 13.6. The standard InChI is InChI=1S/C56H94N14O17/c1-3-4-18-40(52(81)58-2)62-55(84)43(33-70(34-50(77)78)35-51(79)80)65-54(83)42(31-38-21-23-39(72)24-22-38)64-53(82)41(25-26-45(57)73)63-56(85)44(36-71)61-48(75)32-60-49(76)37-87-30-29-86-28-27-59-47(74)20-17-15-13-11-9-7-5-6-8-10-12-14-16-19-46-66-68-69-67-46/h21-24,40-44,68-69,71-72H,3-20,25-37H2,1-2H3,(H2,57,73)(H,58,81)(H,59,74)(H,60,76)(H,61,75)(H,62,84)(H,63,85)(H,64,82)(H,65,83)(H,66,67)(H,77,78)(H,79,80). The van der Waals surface area contributed by atoms with E-state index in [2.05, 4.69) is 64.1 Å². The first-order chi connectivity index (χ1) is 41.7. The summed E-state index contributed by atoms with van der Waals surface area (Å²) in [4.78, 5) is 142. The van der Waals surface area contributed by atoms with E-state index in [9.17, 15) is 73.2 Å². The van der Waals surface area contributed by atoms with Crippen molar-refractivity contribution in [1.82, 2.24) is 63.9 Å². The minimum atomic E-state index is -1.76. The molecule has 0 fully saturated rings. The number of carbonyl (C=O) groups is 11. The van der Waals surface area contributed by atoms with Gasteiger partial charge in [-0.3, -0.25) is 63.1 Å². The first kappa shape index (κ1) is 75.4. The number of hydrazine groups is 2. The van der Waals surface area contributed by atoms with Crippen molar-refractivity contribution < 1.29 is 82.6 Å². The Morgan fingerprint density at radius 3 is 1.70 bits per heavy atom. The molecule has 0 spiro atoms. The molecule has 17 N–H and O–H groups in total. The van der Waals surface area contributed by atoms with Gasteiger partial charge in [-0.25, -0.2) is 5.53 Å². The molecule has 0 aliphatic carbocycles. The van der Waals surface area contributed by atoms with E-state index >= 15 is 0 Å². The second-order valence-electron chi connectivity index (χ2n) is 20.9. The SMILES string of the molecule is CCCCC(NC(=O)C(CN(CC(=O)O)CC(=O)O)NC(=O)C(Cc1ccc(O)cc1)NC(=O)C(CCC(N)=O)NC(=O)C(CO)NC(=O)CNC(=O)COCCOCCNC(=O)CCCCCCCCCCCCCCCC1=NNNN1)C(=O)NC. The van der Waals surface area contributed by atoms with Crippen molar-refractivity contribution in [1.29, 1.82) is 0 Å². The molecule has 0 aromatic heterocycles. The number of carboxylic acid groups (broad SMARTS) is 2. The number of carboxylic acids is 2. The minimum Gasteiger partial charge on any atom is -0.508 e. The van der Waals surface area contributed by atoms with Crippen LogP contribution in [0.3, 0.4) is 0 Å². The molecule has 5 unspecified atom stereocenters. The van der Waals surface area contributed by atoms with Gasteiger partial charge in [0, 0.05) is 45.8 Å². The quantitative estimate of drug-likeness (QED) is 0.0316. The number of nitrogens with one attached hydrogen (secondary N) is 11. The smallest absolute Gasteiger partial charge is 0.317 e. The average Bonchev–Trinajstić information content (AvgIpc) is 4.05. The van der Waals surface area contributed by atoms with E-state index < -0.39 is 142 Å². The molecule has 1 aliphatic rings. The highest BCUT2D eigenvalue weighted by Crippen LogP contribution is 2.15. The molecule has 0 radical (unpaired) electrons. The van der Waals surface area contributed by atoms with Crippen molar-refractivity contribution in [2.75, 3.05) is 72.8 Å². The lowest BCUT2D eigenvalue weighted by molar-refractivity contribution is -0.143. The predicted octanol–water partition coefficient (Wildman–Crippen LogP) is -1.93. The zero-order valence-electron chi connectivity index (χ0n) is 50.2. The molecular weight excluding hydrogens is 1140 g/mol. The van der Waals surface area contributed by atoms with Crippen molar-refractivity contribution in [2.45, 2.75) is 172 Å². The average molecular weight is 1240 g/mol. The van der Waals surface area contributed by atoms with E-state index in [4.69, 9.17) is 15.2 Å². The highest BCUT2D eigenvalue weighted by Gasteiger charge is 2.34. The third-order valence-corrected chi connectivity index (χ3v) is 13.6. The maximum atomic E-state index is 14.3. The number of hydrazone groups is 1. The van der Waals surface area contributed by atoms with Crippen molar-refractivity contribution in [2.24, 2.45) is 10.8 Å². The lowest BCUT2D eigenvalue weighted by Gasteiger charge is -2.29. The van der Waals surface area contributed by atoms with Crippen LogP contribution in [-0.4, -0.2) is 199 Å². The van der Waals surface area contributed by atoms with Crippen LogP contribution < -0.4 is 64.8 Å². The number of ether oxygens (including phenoxy) is 2. The van der Waals surface area contributed by atoms with E-state index in [-0.39, 0.29) is 44.3 Å². The summed E-state index contributed by atoms with van der Waals surface area (Å²) < 4.78 is 10.7. The van der Waals surface area contributed by atoms with Crippen LogP contribution in [0.5, 0.6) is 5.75 Å². The van der Waals surface area contributed by atoms with Gasteiger partial charge in [0.2, 0.25) is 53.2 Å². The number of hydrogen-bond acceptors (Lipinski definition) is 20. The second-order valence-corrected chi connectivity index (χ2v) is 20.9. The zero-order chi connectivity index (χ0) is 64.2. The monoisotopic (exact) mass is 1230 g/mol. The molecule has 0 saturated heterocycles. The predicted molar refractivity (Wildman–Crippen MR) is 316 cm³/mol. The normalized spacial score (nSPS) is 13.4. The number of benzene rings is 1. The van der Waals surface area contributed by atoms with Gasteiger partial charge in [-0.2, -0.15) is 0 Å². The Balaban J connectivity index is 1.87. The second kappa shape index (κ2) is 45.6. The number of aliphatic hydroxyl groups excluding tert-OH is 1. The van der Waals surface area contributed by atoms with Gasteiger partial charge in [0.05, 0.1) is 46.1 Å². The Hall–Kier alpha value is -7.74. The number of nitrogens with two attached hydrogens (primary N) is 1. The van der Waals surface area contributed by atoms with Crippen LogP contribution in [0.1, 0.15) is 141 Å². The molecule has 2 rings (SSSR count). The molecule has 31 heteroatoms. The lowest BCUT2D eigenvalue weighted by atomic mass is 10.0. The Bertz CT molecular complexity index is 2320. The number of amidine groups is 1. The fourth-order valence-electron chi connectivity index (χ4n) is 8.86. The molecule has 1 aliphatic heterocycles. The highest BCUT2D eigenvalue weighted by atomic mass is 16.5. The van der Waals surface area contributed by atoms with Gasteiger partial charge in [-0.05, 0) is 43.4 Å². The van der Waals surface area contributed by atoms with Crippen LogP contribution in [0.4, 0.5) is 0 Å². The van der Waals surface area contributed by atoms with Gasteiger partial charge in [-0.1, -0.05) is 103 Å². The number of primary amides is 1. The highest BCUT2D eigenvalue weighted by molar-refractivity contribution is 5.97.